The molecule has 1 heterocycles. The quantitative estimate of drug-likeness (QED) is 0.759. The Morgan fingerprint density at radius 3 is 2.31 bits per heavy atom. The maximum Gasteiger partial charge on any atom is 0.243 e. The molecule has 0 aromatic heterocycles. The molecule has 0 spiro atoms. The SMILES string of the molecule is COc1ccc(S(=O)(=O)N2CCC(C(=O)NC3CCCCC3C)CC2)cc1OC. The van der Waals surface area contributed by atoms with Crippen molar-refractivity contribution in [3.63, 3.8) is 0 Å². The summed E-state index contributed by atoms with van der Waals surface area (Å²) in [5.74, 6) is 1.33. The van der Waals surface area contributed by atoms with Gasteiger partial charge in [-0.15, -0.1) is 0 Å². The highest BCUT2D eigenvalue weighted by Crippen LogP contribution is 2.32. The lowest BCUT2D eigenvalue weighted by Crippen LogP contribution is -2.47. The summed E-state index contributed by atoms with van der Waals surface area (Å²) in [5, 5.41) is 3.21. The number of carbonyl (C=O) groups is 1. The smallest absolute Gasteiger partial charge is 0.243 e. The first kappa shape index (κ1) is 21.9. The van der Waals surface area contributed by atoms with Crippen LogP contribution >= 0.6 is 0 Å². The molecule has 1 aliphatic carbocycles. The summed E-state index contributed by atoms with van der Waals surface area (Å²) < 4.78 is 37.9. The first-order valence-electron chi connectivity index (χ1n) is 10.4. The van der Waals surface area contributed by atoms with Crippen LogP contribution in [-0.4, -0.2) is 52.0 Å². The Hall–Kier alpha value is -1.80. The molecular weight excluding hydrogens is 392 g/mol. The second kappa shape index (κ2) is 9.34. The molecule has 1 aliphatic heterocycles. The predicted octanol–water partition coefficient (Wildman–Crippen LogP) is 2.80. The minimum Gasteiger partial charge on any atom is -0.493 e. The lowest BCUT2D eigenvalue weighted by molar-refractivity contribution is -0.127. The number of piperidine rings is 1. The van der Waals surface area contributed by atoms with Crippen molar-refractivity contribution >= 4 is 15.9 Å². The van der Waals surface area contributed by atoms with Crippen LogP contribution in [0.4, 0.5) is 0 Å². The van der Waals surface area contributed by atoms with E-state index in [2.05, 4.69) is 12.2 Å². The molecule has 0 radical (unpaired) electrons. The highest BCUT2D eigenvalue weighted by atomic mass is 32.2. The molecule has 0 bridgehead atoms. The lowest BCUT2D eigenvalue weighted by atomic mass is 9.85. The van der Waals surface area contributed by atoms with Crippen molar-refractivity contribution in [2.75, 3.05) is 27.3 Å². The molecular formula is C21H32N2O5S. The molecule has 1 N–H and O–H groups in total. The van der Waals surface area contributed by atoms with E-state index in [-0.39, 0.29) is 22.8 Å². The number of benzene rings is 1. The van der Waals surface area contributed by atoms with Crippen LogP contribution in [0, 0.1) is 11.8 Å². The van der Waals surface area contributed by atoms with Gasteiger partial charge in [0, 0.05) is 31.1 Å². The zero-order valence-corrected chi connectivity index (χ0v) is 18.3. The van der Waals surface area contributed by atoms with Crippen molar-refractivity contribution in [3.05, 3.63) is 18.2 Å². The molecule has 162 valence electrons. The van der Waals surface area contributed by atoms with Gasteiger partial charge in [-0.25, -0.2) is 8.42 Å². The summed E-state index contributed by atoms with van der Waals surface area (Å²) in [6.45, 7) is 2.88. The summed E-state index contributed by atoms with van der Waals surface area (Å²) in [7, 11) is -0.651. The summed E-state index contributed by atoms with van der Waals surface area (Å²) >= 11 is 0. The van der Waals surface area contributed by atoms with Gasteiger partial charge in [-0.1, -0.05) is 19.8 Å². The Kier molecular flexibility index (Phi) is 7.05. The Balaban J connectivity index is 1.61. The van der Waals surface area contributed by atoms with E-state index in [1.807, 2.05) is 0 Å². The summed E-state index contributed by atoms with van der Waals surface area (Å²) in [6, 6.07) is 4.86. The Morgan fingerprint density at radius 2 is 1.69 bits per heavy atom. The summed E-state index contributed by atoms with van der Waals surface area (Å²) in [5.41, 5.74) is 0. The molecule has 1 aromatic carbocycles. The highest BCUT2D eigenvalue weighted by Gasteiger charge is 2.34. The number of amides is 1. The van der Waals surface area contributed by atoms with Gasteiger partial charge in [0.1, 0.15) is 0 Å². The number of nitrogens with one attached hydrogen (secondary N) is 1. The largest absolute Gasteiger partial charge is 0.493 e. The lowest BCUT2D eigenvalue weighted by Gasteiger charge is -2.34. The van der Waals surface area contributed by atoms with Crippen molar-refractivity contribution in [1.29, 1.82) is 0 Å². The van der Waals surface area contributed by atoms with Crippen molar-refractivity contribution in [1.82, 2.24) is 9.62 Å². The van der Waals surface area contributed by atoms with Crippen LogP contribution in [0.25, 0.3) is 0 Å². The normalized spacial score (nSPS) is 24.1. The second-order valence-electron chi connectivity index (χ2n) is 8.07. The number of hydrogen-bond acceptors (Lipinski definition) is 5. The van der Waals surface area contributed by atoms with E-state index in [9.17, 15) is 13.2 Å². The van der Waals surface area contributed by atoms with Crippen molar-refractivity contribution in [2.24, 2.45) is 11.8 Å². The van der Waals surface area contributed by atoms with Gasteiger partial charge in [-0.05, 0) is 43.7 Å². The fraction of sp³-hybridized carbons (Fsp3) is 0.667. The van der Waals surface area contributed by atoms with Gasteiger partial charge in [0.15, 0.2) is 11.5 Å². The molecule has 2 aliphatic rings. The van der Waals surface area contributed by atoms with Gasteiger partial charge in [0.25, 0.3) is 0 Å². The molecule has 1 amide bonds. The molecule has 1 saturated carbocycles. The molecule has 1 aromatic rings. The van der Waals surface area contributed by atoms with Gasteiger partial charge in [0.05, 0.1) is 19.1 Å². The van der Waals surface area contributed by atoms with E-state index in [1.54, 1.807) is 6.07 Å². The van der Waals surface area contributed by atoms with E-state index in [0.29, 0.717) is 43.3 Å². The predicted molar refractivity (Wildman–Crippen MR) is 111 cm³/mol. The molecule has 2 fully saturated rings. The molecule has 1 saturated heterocycles. The topological polar surface area (TPSA) is 84.9 Å². The van der Waals surface area contributed by atoms with Crippen LogP contribution in [0.3, 0.4) is 0 Å². The minimum absolute atomic E-state index is 0.0758. The average Bonchev–Trinajstić information content (AvgIpc) is 2.74. The third-order valence-corrected chi connectivity index (χ3v) is 8.15. The number of rotatable bonds is 6. The Labute approximate surface area is 173 Å². The molecule has 7 nitrogen and oxygen atoms in total. The number of carbonyl (C=O) groups excluding carboxylic acids is 1. The third kappa shape index (κ3) is 4.86. The van der Waals surface area contributed by atoms with Gasteiger partial charge in [-0.2, -0.15) is 4.31 Å². The number of methoxy groups -OCH3 is 2. The maximum atomic E-state index is 13.0. The zero-order chi connectivity index (χ0) is 21.0. The van der Waals surface area contributed by atoms with Gasteiger partial charge < -0.3 is 14.8 Å². The Bertz CT molecular complexity index is 818. The van der Waals surface area contributed by atoms with E-state index >= 15 is 0 Å². The fourth-order valence-corrected chi connectivity index (χ4v) is 5.80. The number of hydrogen-bond donors (Lipinski definition) is 1. The molecule has 2 unspecified atom stereocenters. The first-order valence-corrected chi connectivity index (χ1v) is 11.8. The van der Waals surface area contributed by atoms with Crippen LogP contribution in [0.1, 0.15) is 45.4 Å². The van der Waals surface area contributed by atoms with Crippen LogP contribution in [0.2, 0.25) is 0 Å². The maximum absolute atomic E-state index is 13.0. The van der Waals surface area contributed by atoms with Crippen molar-refractivity contribution in [3.8, 4) is 11.5 Å². The standard InChI is InChI=1S/C21H32N2O5S/c1-15-6-4-5-7-18(15)22-21(24)16-10-12-23(13-11-16)29(25,26)17-8-9-19(27-2)20(14-17)28-3/h8-9,14-16,18H,4-7,10-13H2,1-3H3,(H,22,24). The van der Waals surface area contributed by atoms with E-state index in [0.717, 1.165) is 19.3 Å². The Morgan fingerprint density at radius 1 is 1.03 bits per heavy atom. The molecule has 8 heteroatoms. The van der Waals surface area contributed by atoms with Gasteiger partial charge >= 0.3 is 0 Å². The molecule has 29 heavy (non-hydrogen) atoms. The number of ether oxygens (including phenoxy) is 2. The van der Waals surface area contributed by atoms with Crippen molar-refractivity contribution in [2.45, 2.75) is 56.4 Å². The van der Waals surface area contributed by atoms with E-state index in [4.69, 9.17) is 9.47 Å². The van der Waals surface area contributed by atoms with Crippen LogP contribution in [0.5, 0.6) is 11.5 Å². The van der Waals surface area contributed by atoms with E-state index in [1.165, 1.54) is 37.1 Å². The summed E-state index contributed by atoms with van der Waals surface area (Å²) in [4.78, 5) is 12.9. The van der Waals surface area contributed by atoms with Crippen molar-refractivity contribution < 1.29 is 22.7 Å². The van der Waals surface area contributed by atoms with Crippen LogP contribution in [0.15, 0.2) is 23.1 Å². The number of nitrogens with zero attached hydrogens (tertiary/aromatic N) is 1. The highest BCUT2D eigenvalue weighted by molar-refractivity contribution is 7.89. The third-order valence-electron chi connectivity index (χ3n) is 6.26. The summed E-state index contributed by atoms with van der Waals surface area (Å²) in [6.07, 6.45) is 5.68. The first-order chi connectivity index (χ1) is 13.9. The minimum atomic E-state index is -3.64. The molecule has 3 rings (SSSR count). The molecule has 2 atom stereocenters. The monoisotopic (exact) mass is 424 g/mol. The average molecular weight is 425 g/mol. The van der Waals surface area contributed by atoms with E-state index < -0.39 is 10.0 Å². The van der Waals surface area contributed by atoms with Gasteiger partial charge in [0.2, 0.25) is 15.9 Å². The number of sulfonamides is 1. The van der Waals surface area contributed by atoms with Gasteiger partial charge in [-0.3, -0.25) is 4.79 Å². The fourth-order valence-electron chi connectivity index (χ4n) is 4.32. The van der Waals surface area contributed by atoms with Crippen LogP contribution in [-0.2, 0) is 14.8 Å². The second-order valence-corrected chi connectivity index (χ2v) is 10.0. The van der Waals surface area contributed by atoms with Crippen LogP contribution < -0.4 is 14.8 Å². The zero-order valence-electron chi connectivity index (χ0n) is 17.5.